The van der Waals surface area contributed by atoms with Crippen LogP contribution in [0.5, 0.6) is 5.88 Å². The first-order chi connectivity index (χ1) is 7.86. The van der Waals surface area contributed by atoms with Crippen molar-refractivity contribution in [2.24, 2.45) is 5.84 Å². The van der Waals surface area contributed by atoms with Crippen LogP contribution in [0, 0.1) is 0 Å². The average molecular weight is 236 g/mol. The second-order valence-electron chi connectivity index (χ2n) is 3.11. The number of ether oxygens (including phenoxy) is 1. The van der Waals surface area contributed by atoms with Gasteiger partial charge < -0.3 is 4.74 Å². The molecule has 2 aromatic heterocycles. The molecule has 2 rings (SSSR count). The molecule has 0 saturated heterocycles. The Labute approximate surface area is 97.3 Å². The zero-order chi connectivity index (χ0) is 11.4. The van der Waals surface area contributed by atoms with E-state index in [1.54, 1.807) is 30.8 Å². The Morgan fingerprint density at radius 2 is 2.25 bits per heavy atom. The van der Waals surface area contributed by atoms with Crippen molar-refractivity contribution in [2.45, 2.75) is 6.04 Å². The van der Waals surface area contributed by atoms with E-state index >= 15 is 0 Å². The Morgan fingerprint density at radius 1 is 1.44 bits per heavy atom. The van der Waals surface area contributed by atoms with Crippen molar-refractivity contribution in [1.29, 1.82) is 0 Å². The Balaban J connectivity index is 2.41. The lowest BCUT2D eigenvalue weighted by atomic mass is 10.1. The van der Waals surface area contributed by atoms with Crippen LogP contribution in [0.4, 0.5) is 0 Å². The second-order valence-corrected chi connectivity index (χ2v) is 3.89. The number of thiophene rings is 1. The fourth-order valence-corrected chi connectivity index (χ4v) is 2.15. The van der Waals surface area contributed by atoms with Gasteiger partial charge in [0.2, 0.25) is 5.88 Å². The number of nitrogens with two attached hydrogens (primary N) is 1. The summed E-state index contributed by atoms with van der Waals surface area (Å²) < 4.78 is 5.16. The third-order valence-corrected chi connectivity index (χ3v) is 2.90. The van der Waals surface area contributed by atoms with Crippen LogP contribution in [0.2, 0.25) is 0 Å². The molecule has 0 aliphatic heterocycles. The first-order valence-corrected chi connectivity index (χ1v) is 5.64. The second kappa shape index (κ2) is 5.02. The molecule has 84 valence electrons. The fraction of sp³-hybridized carbons (Fsp3) is 0.200. The average Bonchev–Trinajstić information content (AvgIpc) is 2.84. The molecule has 2 aromatic rings. The van der Waals surface area contributed by atoms with Gasteiger partial charge in [-0.3, -0.25) is 10.8 Å². The Bertz CT molecular complexity index is 446. The summed E-state index contributed by atoms with van der Waals surface area (Å²) in [5.74, 6) is 6.03. The van der Waals surface area contributed by atoms with Crippen molar-refractivity contribution >= 4 is 11.3 Å². The van der Waals surface area contributed by atoms with Crippen LogP contribution in [0.1, 0.15) is 17.3 Å². The summed E-state index contributed by atoms with van der Waals surface area (Å²) >= 11 is 1.61. The molecule has 0 fully saturated rings. The minimum absolute atomic E-state index is 0.199. The molecule has 0 saturated carbocycles. The lowest BCUT2D eigenvalue weighted by Crippen LogP contribution is -2.29. The molecule has 3 N–H and O–H groups in total. The Hall–Kier alpha value is -1.50. The molecule has 2 heterocycles. The molecule has 0 bridgehead atoms. The number of hydrogen-bond donors (Lipinski definition) is 2. The van der Waals surface area contributed by atoms with Gasteiger partial charge in [0, 0.05) is 12.4 Å². The zero-order valence-electron chi connectivity index (χ0n) is 8.75. The van der Waals surface area contributed by atoms with E-state index in [1.807, 2.05) is 16.8 Å². The van der Waals surface area contributed by atoms with Crippen LogP contribution >= 0.6 is 11.3 Å². The SMILES string of the molecule is COc1nccnc1C(NN)c1ccsc1. The summed E-state index contributed by atoms with van der Waals surface area (Å²) in [6.45, 7) is 0. The topological polar surface area (TPSA) is 73.1 Å². The molecule has 0 aliphatic carbocycles. The van der Waals surface area contributed by atoms with Crippen LogP contribution in [0.25, 0.3) is 0 Å². The zero-order valence-corrected chi connectivity index (χ0v) is 9.57. The molecule has 0 amide bonds. The van der Waals surface area contributed by atoms with Gasteiger partial charge in [0.05, 0.1) is 13.2 Å². The number of aromatic nitrogens is 2. The largest absolute Gasteiger partial charge is 0.480 e. The van der Waals surface area contributed by atoms with Crippen LogP contribution < -0.4 is 16.0 Å². The molecule has 0 aromatic carbocycles. The lowest BCUT2D eigenvalue weighted by molar-refractivity contribution is 0.383. The molecule has 5 nitrogen and oxygen atoms in total. The van der Waals surface area contributed by atoms with Gasteiger partial charge in [-0.15, -0.1) is 0 Å². The van der Waals surface area contributed by atoms with Gasteiger partial charge in [-0.2, -0.15) is 11.3 Å². The van der Waals surface area contributed by atoms with Crippen molar-refractivity contribution in [3.63, 3.8) is 0 Å². The number of hydrazine groups is 1. The molecule has 16 heavy (non-hydrogen) atoms. The fourth-order valence-electron chi connectivity index (χ4n) is 1.46. The minimum atomic E-state index is -0.199. The molecule has 0 spiro atoms. The van der Waals surface area contributed by atoms with Gasteiger partial charge >= 0.3 is 0 Å². The van der Waals surface area contributed by atoms with E-state index in [-0.39, 0.29) is 6.04 Å². The van der Waals surface area contributed by atoms with Crippen molar-refractivity contribution in [2.75, 3.05) is 7.11 Å². The molecular weight excluding hydrogens is 224 g/mol. The van der Waals surface area contributed by atoms with E-state index in [0.29, 0.717) is 11.6 Å². The van der Waals surface area contributed by atoms with E-state index < -0.39 is 0 Å². The number of nitrogens with one attached hydrogen (secondary N) is 1. The summed E-state index contributed by atoms with van der Waals surface area (Å²) in [7, 11) is 1.56. The van der Waals surface area contributed by atoms with Crippen molar-refractivity contribution < 1.29 is 4.74 Å². The first kappa shape index (κ1) is 11.0. The van der Waals surface area contributed by atoms with E-state index in [2.05, 4.69) is 15.4 Å². The number of methoxy groups -OCH3 is 1. The summed E-state index contributed by atoms with van der Waals surface area (Å²) in [6, 6.07) is 1.79. The quantitative estimate of drug-likeness (QED) is 0.614. The predicted molar refractivity (Wildman–Crippen MR) is 62.1 cm³/mol. The van der Waals surface area contributed by atoms with Crippen LogP contribution in [-0.4, -0.2) is 17.1 Å². The highest BCUT2D eigenvalue weighted by atomic mass is 32.1. The van der Waals surface area contributed by atoms with Crippen molar-refractivity contribution in [3.8, 4) is 5.88 Å². The molecule has 0 aliphatic rings. The first-order valence-electron chi connectivity index (χ1n) is 4.70. The van der Waals surface area contributed by atoms with Crippen molar-refractivity contribution in [3.05, 3.63) is 40.5 Å². The van der Waals surface area contributed by atoms with Gasteiger partial charge in [0.1, 0.15) is 5.69 Å². The van der Waals surface area contributed by atoms with E-state index in [1.165, 1.54) is 0 Å². The summed E-state index contributed by atoms with van der Waals surface area (Å²) in [6.07, 6.45) is 3.21. The predicted octanol–water partition coefficient (Wildman–Crippen LogP) is 1.10. The minimum Gasteiger partial charge on any atom is -0.480 e. The highest BCUT2D eigenvalue weighted by molar-refractivity contribution is 7.08. The maximum atomic E-state index is 5.55. The lowest BCUT2D eigenvalue weighted by Gasteiger charge is -2.15. The third kappa shape index (κ3) is 2.04. The van der Waals surface area contributed by atoms with Gasteiger partial charge in [0.25, 0.3) is 0 Å². The van der Waals surface area contributed by atoms with Gasteiger partial charge in [-0.25, -0.2) is 10.4 Å². The van der Waals surface area contributed by atoms with E-state index in [9.17, 15) is 0 Å². The summed E-state index contributed by atoms with van der Waals surface area (Å²) in [4.78, 5) is 8.35. The Morgan fingerprint density at radius 3 is 2.88 bits per heavy atom. The standard InChI is InChI=1S/C10H12N4OS/c1-15-10-9(12-3-4-13-10)8(14-11)7-2-5-16-6-7/h2-6,8,14H,11H2,1H3. The maximum absolute atomic E-state index is 5.55. The van der Waals surface area contributed by atoms with E-state index in [0.717, 1.165) is 5.56 Å². The smallest absolute Gasteiger partial charge is 0.237 e. The highest BCUT2D eigenvalue weighted by Crippen LogP contribution is 2.26. The van der Waals surface area contributed by atoms with E-state index in [4.69, 9.17) is 10.6 Å². The summed E-state index contributed by atoms with van der Waals surface area (Å²) in [5.41, 5.74) is 4.45. The van der Waals surface area contributed by atoms with Gasteiger partial charge in [-0.05, 0) is 22.4 Å². The van der Waals surface area contributed by atoms with Crippen molar-refractivity contribution in [1.82, 2.24) is 15.4 Å². The molecule has 0 radical (unpaired) electrons. The molecular formula is C10H12N4OS. The number of nitrogens with zero attached hydrogens (tertiary/aromatic N) is 2. The monoisotopic (exact) mass is 236 g/mol. The number of hydrogen-bond acceptors (Lipinski definition) is 6. The maximum Gasteiger partial charge on any atom is 0.237 e. The molecule has 1 unspecified atom stereocenters. The van der Waals surface area contributed by atoms with Crippen LogP contribution in [0.3, 0.4) is 0 Å². The summed E-state index contributed by atoms with van der Waals surface area (Å²) in [5, 5.41) is 4.00. The van der Waals surface area contributed by atoms with Gasteiger partial charge in [0.15, 0.2) is 0 Å². The normalized spacial score (nSPS) is 12.4. The number of rotatable bonds is 4. The van der Waals surface area contributed by atoms with Crippen LogP contribution in [-0.2, 0) is 0 Å². The van der Waals surface area contributed by atoms with Crippen LogP contribution in [0.15, 0.2) is 29.2 Å². The Kier molecular flexibility index (Phi) is 3.45. The molecule has 1 atom stereocenters. The third-order valence-electron chi connectivity index (χ3n) is 2.20. The van der Waals surface area contributed by atoms with Gasteiger partial charge in [-0.1, -0.05) is 0 Å². The highest BCUT2D eigenvalue weighted by Gasteiger charge is 2.19. The molecule has 6 heteroatoms.